The molecule has 5 heteroatoms. The minimum atomic E-state index is 0.642. The fourth-order valence-corrected chi connectivity index (χ4v) is 2.56. The normalized spacial score (nSPS) is 10.7. The number of benzene rings is 1. The molecule has 0 fully saturated rings. The number of aryl methyl sites for hydroxylation is 2. The number of nitrogens with two attached hydrogens (primary N) is 1. The van der Waals surface area contributed by atoms with E-state index in [0.29, 0.717) is 5.22 Å². The summed E-state index contributed by atoms with van der Waals surface area (Å²) >= 11 is 3.69. The fourth-order valence-electron chi connectivity index (χ4n) is 1.19. The molecule has 0 saturated heterocycles. The van der Waals surface area contributed by atoms with Gasteiger partial charge in [-0.25, -0.2) is 4.98 Å². The highest BCUT2D eigenvalue weighted by Crippen LogP contribution is 2.33. The fraction of sp³-hybridized carbons (Fsp3) is 0.182. The Morgan fingerprint density at radius 2 is 2.12 bits per heavy atom. The van der Waals surface area contributed by atoms with E-state index in [1.807, 2.05) is 32.0 Å². The highest BCUT2D eigenvalue weighted by molar-refractivity contribution is 14.1. The predicted molar refractivity (Wildman–Crippen MR) is 73.7 cm³/mol. The third-order valence-electron chi connectivity index (χ3n) is 2.18. The largest absolute Gasteiger partial charge is 0.436 e. The summed E-state index contributed by atoms with van der Waals surface area (Å²) in [5.74, 6) is 0.853. The van der Waals surface area contributed by atoms with Gasteiger partial charge in [-0.05, 0) is 66.4 Å². The monoisotopic (exact) mass is 346 g/mol. The highest BCUT2D eigenvalue weighted by atomic mass is 127. The molecule has 0 aliphatic heterocycles. The summed E-state index contributed by atoms with van der Waals surface area (Å²) in [5.41, 5.74) is 7.60. The Hall–Kier alpha value is -0.690. The van der Waals surface area contributed by atoms with Gasteiger partial charge in [-0.2, -0.15) is 0 Å². The topological polar surface area (TPSA) is 52.0 Å². The van der Waals surface area contributed by atoms with E-state index in [-0.39, 0.29) is 0 Å². The number of oxazole rings is 1. The lowest BCUT2D eigenvalue weighted by molar-refractivity contribution is 0.431. The Balaban J connectivity index is 2.27. The molecule has 2 N–H and O–H groups in total. The molecule has 0 bridgehead atoms. The van der Waals surface area contributed by atoms with Gasteiger partial charge in [0.05, 0.1) is 5.69 Å². The summed E-state index contributed by atoms with van der Waals surface area (Å²) in [6, 6.07) is 5.93. The quantitative estimate of drug-likeness (QED) is 0.667. The van der Waals surface area contributed by atoms with Crippen molar-refractivity contribution in [1.29, 1.82) is 0 Å². The molecule has 0 aliphatic carbocycles. The van der Waals surface area contributed by atoms with E-state index in [1.165, 1.54) is 11.8 Å². The van der Waals surface area contributed by atoms with Gasteiger partial charge in [0.2, 0.25) is 0 Å². The maximum Gasteiger partial charge on any atom is 0.261 e. The van der Waals surface area contributed by atoms with Gasteiger partial charge in [0.1, 0.15) is 5.76 Å². The van der Waals surface area contributed by atoms with Crippen molar-refractivity contribution >= 4 is 40.0 Å². The maximum atomic E-state index is 5.92. The lowest BCUT2D eigenvalue weighted by Gasteiger charge is -2.02. The number of hydrogen-bond acceptors (Lipinski definition) is 4. The maximum absolute atomic E-state index is 5.92. The molecule has 3 nitrogen and oxygen atoms in total. The SMILES string of the molecule is Cc1nc(Sc2ccc(I)cc2N)oc1C. The smallest absolute Gasteiger partial charge is 0.261 e. The van der Waals surface area contributed by atoms with Crippen molar-refractivity contribution < 1.29 is 4.42 Å². The molecule has 1 heterocycles. The van der Waals surface area contributed by atoms with Crippen LogP contribution in [0, 0.1) is 17.4 Å². The molecule has 84 valence electrons. The zero-order valence-corrected chi connectivity index (χ0v) is 11.9. The summed E-state index contributed by atoms with van der Waals surface area (Å²) in [6.45, 7) is 3.84. The molecule has 0 aliphatic rings. The van der Waals surface area contributed by atoms with Gasteiger partial charge in [0.15, 0.2) is 0 Å². The number of aromatic nitrogens is 1. The van der Waals surface area contributed by atoms with Crippen LogP contribution in [-0.2, 0) is 0 Å². The van der Waals surface area contributed by atoms with Gasteiger partial charge in [0.25, 0.3) is 5.22 Å². The van der Waals surface area contributed by atoms with E-state index in [4.69, 9.17) is 10.2 Å². The highest BCUT2D eigenvalue weighted by Gasteiger charge is 2.09. The summed E-state index contributed by atoms with van der Waals surface area (Å²) in [7, 11) is 0. The van der Waals surface area contributed by atoms with Crippen LogP contribution in [0.5, 0.6) is 0 Å². The molecular formula is C11H11IN2OS. The third-order valence-corrected chi connectivity index (χ3v) is 3.79. The zero-order chi connectivity index (χ0) is 11.7. The van der Waals surface area contributed by atoms with Crippen LogP contribution in [0.1, 0.15) is 11.5 Å². The van der Waals surface area contributed by atoms with Crippen LogP contribution in [0.3, 0.4) is 0 Å². The molecule has 0 atom stereocenters. The van der Waals surface area contributed by atoms with Crippen molar-refractivity contribution in [2.45, 2.75) is 24.0 Å². The van der Waals surface area contributed by atoms with E-state index in [2.05, 4.69) is 27.6 Å². The summed E-state index contributed by atoms with van der Waals surface area (Å²) in [4.78, 5) is 5.28. The first-order valence-electron chi connectivity index (χ1n) is 4.73. The van der Waals surface area contributed by atoms with E-state index in [9.17, 15) is 0 Å². The molecule has 1 aromatic carbocycles. The van der Waals surface area contributed by atoms with Crippen molar-refractivity contribution in [3.05, 3.63) is 33.2 Å². The number of anilines is 1. The minimum absolute atomic E-state index is 0.642. The van der Waals surface area contributed by atoms with Crippen molar-refractivity contribution in [2.75, 3.05) is 5.73 Å². The number of rotatable bonds is 2. The summed E-state index contributed by atoms with van der Waals surface area (Å²) in [5, 5.41) is 0.642. The molecule has 0 radical (unpaired) electrons. The Bertz CT molecular complexity index is 505. The van der Waals surface area contributed by atoms with Gasteiger partial charge >= 0.3 is 0 Å². The summed E-state index contributed by atoms with van der Waals surface area (Å²) < 4.78 is 6.62. The standard InChI is InChI=1S/C11H11IN2OS/c1-6-7(2)15-11(14-6)16-10-4-3-8(12)5-9(10)13/h3-5H,13H2,1-2H3. The van der Waals surface area contributed by atoms with E-state index in [0.717, 1.165) is 25.6 Å². The second-order valence-electron chi connectivity index (χ2n) is 3.41. The molecule has 0 spiro atoms. The van der Waals surface area contributed by atoms with Crippen LogP contribution in [0.4, 0.5) is 5.69 Å². The third kappa shape index (κ3) is 2.52. The Kier molecular flexibility index (Phi) is 3.44. The lowest BCUT2D eigenvalue weighted by atomic mass is 10.3. The number of halogens is 1. The number of hydrogen-bond donors (Lipinski definition) is 1. The molecular weight excluding hydrogens is 335 g/mol. The minimum Gasteiger partial charge on any atom is -0.436 e. The molecule has 0 unspecified atom stereocenters. The second-order valence-corrected chi connectivity index (χ2v) is 5.64. The molecule has 0 saturated carbocycles. The van der Waals surface area contributed by atoms with E-state index >= 15 is 0 Å². The molecule has 2 aromatic rings. The van der Waals surface area contributed by atoms with Gasteiger partial charge in [-0.1, -0.05) is 0 Å². The van der Waals surface area contributed by atoms with Crippen LogP contribution in [0.15, 0.2) is 32.7 Å². The van der Waals surface area contributed by atoms with Crippen molar-refractivity contribution in [3.63, 3.8) is 0 Å². The molecule has 16 heavy (non-hydrogen) atoms. The average molecular weight is 346 g/mol. The first-order chi connectivity index (χ1) is 7.56. The van der Waals surface area contributed by atoms with Crippen LogP contribution in [0.25, 0.3) is 0 Å². The molecule has 2 rings (SSSR count). The zero-order valence-electron chi connectivity index (χ0n) is 8.95. The lowest BCUT2D eigenvalue weighted by Crippen LogP contribution is -1.89. The number of nitrogens with zero attached hydrogens (tertiary/aromatic N) is 1. The van der Waals surface area contributed by atoms with Crippen LogP contribution in [0.2, 0.25) is 0 Å². The predicted octanol–water partition coefficient (Wildman–Crippen LogP) is 3.63. The van der Waals surface area contributed by atoms with E-state index < -0.39 is 0 Å². The van der Waals surface area contributed by atoms with Crippen molar-refractivity contribution in [3.8, 4) is 0 Å². The second kappa shape index (κ2) is 4.67. The number of nitrogen functional groups attached to an aromatic ring is 1. The van der Waals surface area contributed by atoms with Gasteiger partial charge in [-0.15, -0.1) is 0 Å². The van der Waals surface area contributed by atoms with Gasteiger partial charge in [-0.3, -0.25) is 0 Å². The van der Waals surface area contributed by atoms with Crippen molar-refractivity contribution in [2.24, 2.45) is 0 Å². The van der Waals surface area contributed by atoms with Crippen molar-refractivity contribution in [1.82, 2.24) is 4.98 Å². The Labute approximate surface area is 112 Å². The molecule has 1 aromatic heterocycles. The first kappa shape index (κ1) is 11.8. The van der Waals surface area contributed by atoms with E-state index in [1.54, 1.807) is 0 Å². The average Bonchev–Trinajstić information content (AvgIpc) is 2.51. The summed E-state index contributed by atoms with van der Waals surface area (Å²) in [6.07, 6.45) is 0. The van der Waals surface area contributed by atoms with Crippen LogP contribution >= 0.6 is 34.4 Å². The molecule has 0 amide bonds. The van der Waals surface area contributed by atoms with Crippen LogP contribution < -0.4 is 5.73 Å². The Morgan fingerprint density at radius 3 is 2.69 bits per heavy atom. The van der Waals surface area contributed by atoms with Gasteiger partial charge < -0.3 is 10.2 Å². The Morgan fingerprint density at radius 1 is 1.38 bits per heavy atom. The van der Waals surface area contributed by atoms with Gasteiger partial charge in [0, 0.05) is 14.2 Å². The van der Waals surface area contributed by atoms with Crippen LogP contribution in [-0.4, -0.2) is 4.98 Å². The first-order valence-corrected chi connectivity index (χ1v) is 6.62.